The number of nitrogens with one attached hydrogen (secondary N) is 1. The van der Waals surface area contributed by atoms with Crippen molar-refractivity contribution in [3.63, 3.8) is 0 Å². The van der Waals surface area contributed by atoms with Gasteiger partial charge in [-0.05, 0) is 55.7 Å². The summed E-state index contributed by atoms with van der Waals surface area (Å²) in [6.07, 6.45) is 0. The first kappa shape index (κ1) is 15.3. The van der Waals surface area contributed by atoms with Crippen LogP contribution in [0.15, 0.2) is 35.2 Å². The monoisotopic (exact) mass is 308 g/mol. The fraction of sp³-hybridized carbons (Fsp3) is 0.200. The van der Waals surface area contributed by atoms with E-state index in [0.717, 1.165) is 17.2 Å². The highest BCUT2D eigenvalue weighted by atomic mass is 32.2. The number of hydrogen-bond acceptors (Lipinski definition) is 3. The van der Waals surface area contributed by atoms with Crippen LogP contribution >= 0.6 is 0 Å². The van der Waals surface area contributed by atoms with E-state index in [1.807, 2.05) is 13.0 Å². The van der Waals surface area contributed by atoms with Crippen LogP contribution in [0.5, 0.6) is 0 Å². The zero-order valence-electron chi connectivity index (χ0n) is 12.1. The number of sulfonamides is 1. The maximum Gasteiger partial charge on any atom is 0.264 e. The van der Waals surface area contributed by atoms with Gasteiger partial charge in [0.1, 0.15) is 10.7 Å². The standard InChI is InChI=1S/C15H17FN2O2S/c1-9-5-4-6-13(11(9)3)18-21(19,20)14-8-12(17)7-10(2)15(14)16/h4-8,18H,17H2,1-3H3. The minimum absolute atomic E-state index is 0.191. The summed E-state index contributed by atoms with van der Waals surface area (Å²) in [5, 5.41) is 0. The van der Waals surface area contributed by atoms with Crippen LogP contribution in [0, 0.1) is 26.6 Å². The highest BCUT2D eigenvalue weighted by Gasteiger charge is 2.22. The van der Waals surface area contributed by atoms with Gasteiger partial charge in [-0.3, -0.25) is 4.72 Å². The lowest BCUT2D eigenvalue weighted by Crippen LogP contribution is -2.16. The van der Waals surface area contributed by atoms with Crippen molar-refractivity contribution in [1.29, 1.82) is 0 Å². The molecule has 0 bridgehead atoms. The van der Waals surface area contributed by atoms with Gasteiger partial charge in [0.15, 0.2) is 0 Å². The number of nitrogen functional groups attached to an aromatic ring is 1. The van der Waals surface area contributed by atoms with Crippen molar-refractivity contribution >= 4 is 21.4 Å². The Kier molecular flexibility index (Phi) is 3.91. The van der Waals surface area contributed by atoms with Crippen molar-refractivity contribution in [1.82, 2.24) is 0 Å². The smallest absolute Gasteiger partial charge is 0.264 e. The Morgan fingerprint density at radius 2 is 1.76 bits per heavy atom. The summed E-state index contributed by atoms with van der Waals surface area (Å²) in [5.41, 5.74) is 8.17. The molecule has 6 heteroatoms. The van der Waals surface area contributed by atoms with E-state index in [2.05, 4.69) is 4.72 Å². The van der Waals surface area contributed by atoms with Gasteiger partial charge in [-0.1, -0.05) is 12.1 Å². The predicted octanol–water partition coefficient (Wildman–Crippen LogP) is 3.13. The van der Waals surface area contributed by atoms with Crippen molar-refractivity contribution < 1.29 is 12.8 Å². The van der Waals surface area contributed by atoms with Gasteiger partial charge < -0.3 is 5.73 Å². The van der Waals surface area contributed by atoms with Gasteiger partial charge >= 0.3 is 0 Å². The maximum absolute atomic E-state index is 14.1. The predicted molar refractivity (Wildman–Crippen MR) is 82.3 cm³/mol. The third kappa shape index (κ3) is 3.00. The topological polar surface area (TPSA) is 72.2 Å². The second-order valence-corrected chi connectivity index (χ2v) is 6.65. The molecule has 2 rings (SSSR count). The Labute approximate surface area is 123 Å². The molecule has 0 spiro atoms. The molecule has 3 N–H and O–H groups in total. The Morgan fingerprint density at radius 1 is 1.10 bits per heavy atom. The molecule has 0 aromatic heterocycles. The van der Waals surface area contributed by atoms with Gasteiger partial charge in [0.25, 0.3) is 10.0 Å². The summed E-state index contributed by atoms with van der Waals surface area (Å²) >= 11 is 0. The summed E-state index contributed by atoms with van der Waals surface area (Å²) in [4.78, 5) is -0.444. The molecule has 4 nitrogen and oxygen atoms in total. The van der Waals surface area contributed by atoms with Crippen molar-refractivity contribution in [2.75, 3.05) is 10.5 Å². The highest BCUT2D eigenvalue weighted by molar-refractivity contribution is 7.92. The lowest BCUT2D eigenvalue weighted by Gasteiger charge is -2.13. The van der Waals surface area contributed by atoms with E-state index in [-0.39, 0.29) is 11.3 Å². The number of anilines is 2. The van der Waals surface area contributed by atoms with Crippen molar-refractivity contribution in [2.24, 2.45) is 0 Å². The van der Waals surface area contributed by atoms with Crippen LogP contribution in [0.4, 0.5) is 15.8 Å². The van der Waals surface area contributed by atoms with Crippen molar-refractivity contribution in [3.05, 3.63) is 52.8 Å². The van der Waals surface area contributed by atoms with E-state index >= 15 is 0 Å². The number of hydrogen-bond donors (Lipinski definition) is 2. The number of halogens is 1. The summed E-state index contributed by atoms with van der Waals surface area (Å²) in [7, 11) is -4.03. The molecule has 0 aliphatic rings. The molecule has 2 aromatic carbocycles. The summed E-state index contributed by atoms with van der Waals surface area (Å²) in [6.45, 7) is 5.15. The Bertz CT molecular complexity index is 802. The minimum atomic E-state index is -4.03. The molecule has 0 aliphatic heterocycles. The lowest BCUT2D eigenvalue weighted by molar-refractivity contribution is 0.565. The molecule has 0 atom stereocenters. The normalized spacial score (nSPS) is 11.4. The zero-order chi connectivity index (χ0) is 15.8. The molecule has 0 radical (unpaired) electrons. The number of nitrogens with two attached hydrogens (primary N) is 1. The van der Waals surface area contributed by atoms with Gasteiger partial charge in [0, 0.05) is 5.69 Å². The first-order valence-electron chi connectivity index (χ1n) is 6.37. The zero-order valence-corrected chi connectivity index (χ0v) is 12.9. The third-order valence-corrected chi connectivity index (χ3v) is 4.75. The molecule has 0 fully saturated rings. The van der Waals surface area contributed by atoms with E-state index in [0.29, 0.717) is 5.69 Å². The second-order valence-electron chi connectivity index (χ2n) is 5.00. The summed E-state index contributed by atoms with van der Waals surface area (Å²) < 4.78 is 41.3. The van der Waals surface area contributed by atoms with Gasteiger partial charge in [0.2, 0.25) is 0 Å². The fourth-order valence-electron chi connectivity index (χ4n) is 2.02. The second kappa shape index (κ2) is 5.37. The molecule has 0 amide bonds. The highest BCUT2D eigenvalue weighted by Crippen LogP contribution is 2.26. The Balaban J connectivity index is 2.51. The largest absolute Gasteiger partial charge is 0.399 e. The van der Waals surface area contributed by atoms with E-state index in [4.69, 9.17) is 5.73 Å². The molecular formula is C15H17FN2O2S. The van der Waals surface area contributed by atoms with Crippen LogP contribution < -0.4 is 10.5 Å². The Morgan fingerprint density at radius 3 is 2.43 bits per heavy atom. The first-order valence-corrected chi connectivity index (χ1v) is 7.85. The average Bonchev–Trinajstić information content (AvgIpc) is 2.39. The van der Waals surface area contributed by atoms with Gasteiger partial charge in [0.05, 0.1) is 5.69 Å². The van der Waals surface area contributed by atoms with E-state index in [9.17, 15) is 12.8 Å². The lowest BCUT2D eigenvalue weighted by atomic mass is 10.1. The van der Waals surface area contributed by atoms with Crippen molar-refractivity contribution in [3.8, 4) is 0 Å². The molecule has 0 heterocycles. The Hall–Kier alpha value is -2.08. The average molecular weight is 308 g/mol. The van der Waals surface area contributed by atoms with Crippen molar-refractivity contribution in [2.45, 2.75) is 25.7 Å². The molecular weight excluding hydrogens is 291 g/mol. The number of rotatable bonds is 3. The molecule has 0 saturated carbocycles. The van der Waals surface area contributed by atoms with Crippen LogP contribution in [-0.4, -0.2) is 8.42 Å². The van der Waals surface area contributed by atoms with E-state index in [1.54, 1.807) is 19.1 Å². The van der Waals surface area contributed by atoms with Crippen LogP contribution in [0.25, 0.3) is 0 Å². The molecule has 2 aromatic rings. The molecule has 0 aliphatic carbocycles. The van der Waals surface area contributed by atoms with E-state index in [1.165, 1.54) is 13.0 Å². The quantitative estimate of drug-likeness (QED) is 0.856. The SMILES string of the molecule is Cc1cccc(NS(=O)(=O)c2cc(N)cc(C)c2F)c1C. The molecule has 21 heavy (non-hydrogen) atoms. The van der Waals surface area contributed by atoms with Crippen LogP contribution in [0.1, 0.15) is 16.7 Å². The molecule has 0 unspecified atom stereocenters. The van der Waals surface area contributed by atoms with Gasteiger partial charge in [-0.2, -0.15) is 0 Å². The molecule has 0 saturated heterocycles. The fourth-order valence-corrected chi connectivity index (χ4v) is 3.33. The first-order chi connectivity index (χ1) is 9.72. The van der Waals surface area contributed by atoms with Crippen LogP contribution in [-0.2, 0) is 10.0 Å². The summed E-state index contributed by atoms with van der Waals surface area (Å²) in [6, 6.07) is 7.76. The van der Waals surface area contributed by atoms with Crippen LogP contribution in [0.3, 0.4) is 0 Å². The van der Waals surface area contributed by atoms with Crippen LogP contribution in [0.2, 0.25) is 0 Å². The minimum Gasteiger partial charge on any atom is -0.399 e. The third-order valence-electron chi connectivity index (χ3n) is 3.38. The van der Waals surface area contributed by atoms with Gasteiger partial charge in [-0.25, -0.2) is 12.8 Å². The summed E-state index contributed by atoms with van der Waals surface area (Å²) in [5.74, 6) is -0.790. The number of aryl methyl sites for hydroxylation is 2. The molecule has 112 valence electrons. The van der Waals surface area contributed by atoms with E-state index < -0.39 is 20.7 Å². The van der Waals surface area contributed by atoms with Gasteiger partial charge in [-0.15, -0.1) is 0 Å². The maximum atomic E-state index is 14.1. The number of benzene rings is 2.